The second kappa shape index (κ2) is 2.93. The first-order chi connectivity index (χ1) is 5.08. The molecule has 0 spiro atoms. The molecule has 4 N–H and O–H groups in total. The molecule has 0 saturated heterocycles. The second-order valence-electron chi connectivity index (χ2n) is 3.45. The molecule has 0 aliphatic carbocycles. The highest BCUT2D eigenvalue weighted by Gasteiger charge is 2.11. The van der Waals surface area contributed by atoms with E-state index in [2.05, 4.69) is 31.0 Å². The van der Waals surface area contributed by atoms with Gasteiger partial charge in [0.1, 0.15) is 5.54 Å². The Morgan fingerprint density at radius 2 is 2.18 bits per heavy atom. The molecule has 0 saturated carbocycles. The summed E-state index contributed by atoms with van der Waals surface area (Å²) in [5.41, 5.74) is 5.11. The third-order valence-electron chi connectivity index (χ3n) is 1.28. The predicted molar refractivity (Wildman–Crippen MR) is 46.5 cm³/mol. The Morgan fingerprint density at radius 3 is 2.64 bits per heavy atom. The van der Waals surface area contributed by atoms with Gasteiger partial charge in [-0.2, -0.15) is 0 Å². The van der Waals surface area contributed by atoms with Crippen LogP contribution in [0.4, 0.5) is 0 Å². The van der Waals surface area contributed by atoms with Crippen LogP contribution in [0, 0.1) is 0 Å². The van der Waals surface area contributed by atoms with Gasteiger partial charge in [-0.1, -0.05) is 6.08 Å². The quantitative estimate of drug-likeness (QED) is 0.565. The van der Waals surface area contributed by atoms with E-state index >= 15 is 0 Å². The topological polar surface area (TPSA) is 39.7 Å². The normalized spacial score (nSPS) is 20.5. The van der Waals surface area contributed by atoms with E-state index in [0.717, 1.165) is 5.70 Å². The average Bonchev–Trinajstić information content (AvgIpc) is 1.85. The molecule has 2 nitrogen and oxygen atoms in total. The summed E-state index contributed by atoms with van der Waals surface area (Å²) in [6, 6.07) is 0. The predicted octanol–water partition coefficient (Wildman–Crippen LogP) is 0.564. The Kier molecular flexibility index (Phi) is 2.15. The smallest absolute Gasteiger partial charge is 0.110 e. The Labute approximate surface area is 67.5 Å². The molecule has 0 radical (unpaired) electrons. The number of dihydropyridines is 1. The van der Waals surface area contributed by atoms with E-state index in [1.807, 2.05) is 24.4 Å². The molecule has 2 heteroatoms. The molecule has 0 fully saturated rings. The molecule has 1 aliphatic heterocycles. The Morgan fingerprint density at radius 1 is 1.45 bits per heavy atom. The van der Waals surface area contributed by atoms with Crippen LogP contribution in [0.15, 0.2) is 36.2 Å². The van der Waals surface area contributed by atoms with Crippen molar-refractivity contribution in [3.05, 3.63) is 36.2 Å². The summed E-state index contributed by atoms with van der Waals surface area (Å²) in [6.45, 7) is 4.15. The van der Waals surface area contributed by atoms with Crippen LogP contribution in [0.5, 0.6) is 0 Å². The van der Waals surface area contributed by atoms with Crippen molar-refractivity contribution in [1.82, 2.24) is 5.32 Å². The molecule has 0 aromatic rings. The van der Waals surface area contributed by atoms with Crippen molar-refractivity contribution in [3.63, 3.8) is 0 Å². The number of hydrogen-bond acceptors (Lipinski definition) is 1. The lowest BCUT2D eigenvalue weighted by Crippen LogP contribution is -2.68. The second-order valence-corrected chi connectivity index (χ2v) is 3.45. The van der Waals surface area contributed by atoms with Crippen LogP contribution in [0.25, 0.3) is 0 Å². The van der Waals surface area contributed by atoms with Gasteiger partial charge >= 0.3 is 0 Å². The summed E-state index contributed by atoms with van der Waals surface area (Å²) in [6.07, 6.45) is 10.0. The van der Waals surface area contributed by atoms with Crippen LogP contribution in [0.3, 0.4) is 0 Å². The third-order valence-corrected chi connectivity index (χ3v) is 1.28. The van der Waals surface area contributed by atoms with E-state index in [0.29, 0.717) is 0 Å². The van der Waals surface area contributed by atoms with Crippen molar-refractivity contribution < 1.29 is 5.73 Å². The first-order valence-corrected chi connectivity index (χ1v) is 3.76. The van der Waals surface area contributed by atoms with Crippen LogP contribution in [-0.4, -0.2) is 5.54 Å². The molecule has 0 atom stereocenters. The van der Waals surface area contributed by atoms with Crippen molar-refractivity contribution in [1.29, 1.82) is 0 Å². The molecule has 11 heavy (non-hydrogen) atoms. The SMILES string of the molecule is CC(C)([NH3+])C=C1C=CC=CN1. The zero-order valence-corrected chi connectivity index (χ0v) is 7.09. The lowest BCUT2D eigenvalue weighted by Gasteiger charge is -2.12. The van der Waals surface area contributed by atoms with Crippen LogP contribution < -0.4 is 11.1 Å². The summed E-state index contributed by atoms with van der Waals surface area (Å²) in [5, 5.41) is 3.13. The molecule has 0 amide bonds. The van der Waals surface area contributed by atoms with Gasteiger partial charge in [-0.25, -0.2) is 0 Å². The molecule has 0 bridgehead atoms. The van der Waals surface area contributed by atoms with E-state index in [9.17, 15) is 0 Å². The van der Waals surface area contributed by atoms with Gasteiger partial charge in [-0.05, 0) is 32.1 Å². The van der Waals surface area contributed by atoms with Gasteiger partial charge in [0, 0.05) is 11.9 Å². The first kappa shape index (κ1) is 8.08. The number of allylic oxidation sites excluding steroid dienone is 3. The molecule has 1 rings (SSSR count). The maximum Gasteiger partial charge on any atom is 0.110 e. The van der Waals surface area contributed by atoms with Gasteiger partial charge in [0.2, 0.25) is 0 Å². The molecule has 60 valence electrons. The maximum absolute atomic E-state index is 3.99. The van der Waals surface area contributed by atoms with Crippen LogP contribution >= 0.6 is 0 Å². The highest BCUT2D eigenvalue weighted by molar-refractivity contribution is 5.28. The third kappa shape index (κ3) is 3.05. The summed E-state index contributed by atoms with van der Waals surface area (Å²) >= 11 is 0. The summed E-state index contributed by atoms with van der Waals surface area (Å²) in [4.78, 5) is 0. The molecule has 0 unspecified atom stereocenters. The van der Waals surface area contributed by atoms with Crippen molar-refractivity contribution in [2.24, 2.45) is 0 Å². The number of hydrogen-bond donors (Lipinski definition) is 2. The highest BCUT2D eigenvalue weighted by Crippen LogP contribution is 2.04. The van der Waals surface area contributed by atoms with Gasteiger partial charge in [0.15, 0.2) is 0 Å². The fourth-order valence-corrected chi connectivity index (χ4v) is 0.918. The van der Waals surface area contributed by atoms with Gasteiger partial charge in [0.25, 0.3) is 0 Å². The monoisotopic (exact) mass is 151 g/mol. The zero-order valence-electron chi connectivity index (χ0n) is 7.09. The molecule has 0 aromatic carbocycles. The minimum absolute atomic E-state index is 0.00213. The minimum atomic E-state index is -0.00213. The van der Waals surface area contributed by atoms with E-state index in [1.54, 1.807) is 0 Å². The zero-order chi connectivity index (χ0) is 8.32. The average molecular weight is 151 g/mol. The summed E-state index contributed by atoms with van der Waals surface area (Å²) < 4.78 is 0. The number of nitrogens with one attached hydrogen (secondary N) is 1. The summed E-state index contributed by atoms with van der Waals surface area (Å²) in [5.74, 6) is 0. The first-order valence-electron chi connectivity index (χ1n) is 3.76. The van der Waals surface area contributed by atoms with E-state index in [1.165, 1.54) is 0 Å². The van der Waals surface area contributed by atoms with Gasteiger partial charge in [-0.15, -0.1) is 0 Å². The van der Waals surface area contributed by atoms with E-state index in [4.69, 9.17) is 0 Å². The fourth-order valence-electron chi connectivity index (χ4n) is 0.918. The standard InChI is InChI=1S/C9H14N2/c1-9(2,10)7-8-5-3-4-6-11-8/h3-7,11H,10H2,1-2H3/p+1. The maximum atomic E-state index is 3.99. The summed E-state index contributed by atoms with van der Waals surface area (Å²) in [7, 11) is 0. The molecular weight excluding hydrogens is 136 g/mol. The highest BCUT2D eigenvalue weighted by atomic mass is 14.9. The Hall–Kier alpha value is -1.02. The van der Waals surface area contributed by atoms with Crippen LogP contribution in [-0.2, 0) is 0 Å². The van der Waals surface area contributed by atoms with Crippen molar-refractivity contribution in [2.45, 2.75) is 19.4 Å². The van der Waals surface area contributed by atoms with E-state index in [-0.39, 0.29) is 5.54 Å². The van der Waals surface area contributed by atoms with Crippen molar-refractivity contribution >= 4 is 0 Å². The van der Waals surface area contributed by atoms with Gasteiger partial charge in [-0.3, -0.25) is 0 Å². The van der Waals surface area contributed by atoms with Crippen LogP contribution in [0.1, 0.15) is 13.8 Å². The largest absolute Gasteiger partial charge is 0.362 e. The van der Waals surface area contributed by atoms with Gasteiger partial charge < -0.3 is 11.1 Å². The molecular formula is C9H15N2+. The minimum Gasteiger partial charge on any atom is -0.362 e. The van der Waals surface area contributed by atoms with E-state index < -0.39 is 0 Å². The molecule has 0 aromatic heterocycles. The lowest BCUT2D eigenvalue weighted by atomic mass is 10.1. The Bertz CT molecular complexity index is 216. The van der Waals surface area contributed by atoms with Gasteiger partial charge in [0.05, 0.1) is 0 Å². The Balaban J connectivity index is 2.69. The number of rotatable bonds is 1. The van der Waals surface area contributed by atoms with Crippen LogP contribution in [0.2, 0.25) is 0 Å². The number of quaternary nitrogens is 1. The van der Waals surface area contributed by atoms with Crippen molar-refractivity contribution in [3.8, 4) is 0 Å². The lowest BCUT2D eigenvalue weighted by molar-refractivity contribution is -0.446. The fraction of sp³-hybridized carbons (Fsp3) is 0.333. The van der Waals surface area contributed by atoms with Crippen molar-refractivity contribution in [2.75, 3.05) is 0 Å². The molecule has 1 heterocycles. The molecule has 1 aliphatic rings.